The lowest BCUT2D eigenvalue weighted by Gasteiger charge is -1.91. The number of carbonyl (C=O) groups is 1. The highest BCUT2D eigenvalue weighted by atomic mass is 16.4. The topological polar surface area (TPSA) is 50.2 Å². The van der Waals surface area contributed by atoms with Crippen molar-refractivity contribution >= 4 is 5.97 Å². The Bertz CT molecular complexity index is 220. The summed E-state index contributed by atoms with van der Waals surface area (Å²) in [7, 11) is 0. The minimum Gasteiger partial charge on any atom is -0.481 e. The molecule has 0 bridgehead atoms. The van der Waals surface area contributed by atoms with Crippen LogP contribution in [0.3, 0.4) is 0 Å². The third-order valence-corrected chi connectivity index (χ3v) is 1.01. The normalized spacial score (nSPS) is 9.20. The summed E-state index contributed by atoms with van der Waals surface area (Å²) in [6.45, 7) is 0. The molecule has 1 heterocycles. The number of rotatable bonds is 2. The third kappa shape index (κ3) is 1.85. The molecule has 0 aliphatic carbocycles. The van der Waals surface area contributed by atoms with E-state index in [4.69, 9.17) is 5.11 Å². The molecule has 1 aromatic rings. The molecule has 0 spiro atoms. The first-order valence-electron chi connectivity index (χ1n) is 2.82. The van der Waals surface area contributed by atoms with E-state index in [-0.39, 0.29) is 6.42 Å². The van der Waals surface area contributed by atoms with Crippen LogP contribution in [-0.2, 0) is 11.2 Å². The smallest absolute Gasteiger partial charge is 0.309 e. The van der Waals surface area contributed by atoms with Gasteiger partial charge in [-0.15, -0.1) is 0 Å². The number of nitrogens with zero attached hydrogens (tertiary/aromatic N) is 1. The number of pyridine rings is 1. The molecule has 0 aliphatic rings. The average molecular weight is 136 g/mol. The van der Waals surface area contributed by atoms with E-state index in [1.54, 1.807) is 12.1 Å². The zero-order valence-corrected chi connectivity index (χ0v) is 5.24. The van der Waals surface area contributed by atoms with Gasteiger partial charge in [0.25, 0.3) is 0 Å². The fourth-order valence-electron chi connectivity index (χ4n) is 0.610. The molecule has 1 rings (SSSR count). The summed E-state index contributed by atoms with van der Waals surface area (Å²) in [5, 5.41) is 8.32. The predicted molar refractivity (Wildman–Crippen MR) is 34.4 cm³/mol. The molecule has 0 aliphatic heterocycles. The predicted octanol–water partition coefficient (Wildman–Crippen LogP) is 0.509. The number of carboxylic acid groups (broad SMARTS) is 1. The second kappa shape index (κ2) is 2.96. The molecule has 0 saturated carbocycles. The number of hydrogen-bond acceptors (Lipinski definition) is 2. The van der Waals surface area contributed by atoms with Crippen LogP contribution >= 0.6 is 0 Å². The van der Waals surface area contributed by atoms with Crippen molar-refractivity contribution in [2.24, 2.45) is 0 Å². The molecular formula is C7H6NO2. The van der Waals surface area contributed by atoms with Gasteiger partial charge in [0.05, 0.1) is 12.1 Å². The number of carboxylic acids is 1. The maximum Gasteiger partial charge on any atom is 0.309 e. The minimum atomic E-state index is -0.862. The molecule has 10 heavy (non-hydrogen) atoms. The Labute approximate surface area is 58.3 Å². The average Bonchev–Trinajstić information content (AvgIpc) is 1.88. The van der Waals surface area contributed by atoms with E-state index >= 15 is 0 Å². The highest BCUT2D eigenvalue weighted by Crippen LogP contribution is 1.92. The summed E-state index contributed by atoms with van der Waals surface area (Å²) in [5.74, 6) is -0.862. The van der Waals surface area contributed by atoms with Gasteiger partial charge >= 0.3 is 5.97 Å². The second-order valence-electron chi connectivity index (χ2n) is 1.82. The van der Waals surface area contributed by atoms with Crippen LogP contribution in [0, 0.1) is 6.07 Å². The molecule has 1 N–H and O–H groups in total. The molecule has 1 aromatic heterocycles. The van der Waals surface area contributed by atoms with E-state index in [0.717, 1.165) is 0 Å². The summed E-state index contributed by atoms with van der Waals surface area (Å²) in [6, 6.07) is 5.98. The van der Waals surface area contributed by atoms with Crippen molar-refractivity contribution in [2.75, 3.05) is 0 Å². The van der Waals surface area contributed by atoms with Gasteiger partial charge in [0.2, 0.25) is 0 Å². The molecule has 0 unspecified atom stereocenters. The fourth-order valence-corrected chi connectivity index (χ4v) is 0.610. The molecule has 3 heteroatoms. The van der Waals surface area contributed by atoms with Crippen molar-refractivity contribution in [1.29, 1.82) is 0 Å². The van der Waals surface area contributed by atoms with Crippen molar-refractivity contribution in [1.82, 2.24) is 4.98 Å². The van der Waals surface area contributed by atoms with E-state index in [2.05, 4.69) is 11.1 Å². The maximum absolute atomic E-state index is 10.1. The van der Waals surface area contributed by atoms with Gasteiger partial charge in [0.15, 0.2) is 0 Å². The highest BCUT2D eigenvalue weighted by molar-refractivity contribution is 5.69. The molecule has 0 aromatic carbocycles. The number of aliphatic carboxylic acids is 1. The standard InChI is InChI=1S/C7H6NO2/c9-7(10)5-6-3-1-2-4-8-6/h1,3-4H,5H2,(H,9,10). The van der Waals surface area contributed by atoms with Crippen LogP contribution in [0.4, 0.5) is 0 Å². The first-order chi connectivity index (χ1) is 4.79. The first kappa shape index (κ1) is 6.74. The molecule has 0 fully saturated rings. The monoisotopic (exact) mass is 136 g/mol. The number of aromatic nitrogens is 1. The lowest BCUT2D eigenvalue weighted by atomic mass is 10.3. The Kier molecular flexibility index (Phi) is 1.99. The molecule has 0 atom stereocenters. The molecular weight excluding hydrogens is 130 g/mol. The summed E-state index contributed by atoms with van der Waals surface area (Å²) in [5.41, 5.74) is 0.561. The van der Waals surface area contributed by atoms with Gasteiger partial charge in [0.1, 0.15) is 0 Å². The van der Waals surface area contributed by atoms with E-state index in [9.17, 15) is 4.79 Å². The Hall–Kier alpha value is -1.38. The zero-order valence-electron chi connectivity index (χ0n) is 5.24. The van der Waals surface area contributed by atoms with Gasteiger partial charge < -0.3 is 5.11 Å². The third-order valence-electron chi connectivity index (χ3n) is 1.01. The van der Waals surface area contributed by atoms with Crippen molar-refractivity contribution < 1.29 is 9.90 Å². The lowest BCUT2D eigenvalue weighted by molar-refractivity contribution is -0.136. The molecule has 0 amide bonds. The molecule has 1 radical (unpaired) electrons. The first-order valence-corrected chi connectivity index (χ1v) is 2.82. The Morgan fingerprint density at radius 1 is 1.80 bits per heavy atom. The summed E-state index contributed by atoms with van der Waals surface area (Å²) in [6.07, 6.45) is 1.44. The van der Waals surface area contributed by atoms with Gasteiger partial charge in [-0.05, 0) is 6.07 Å². The SMILES string of the molecule is O=C(O)Cc1cc[c]cn1. The van der Waals surface area contributed by atoms with Crippen molar-refractivity contribution in [2.45, 2.75) is 6.42 Å². The van der Waals surface area contributed by atoms with Gasteiger partial charge in [-0.2, -0.15) is 0 Å². The van der Waals surface area contributed by atoms with Crippen LogP contribution < -0.4 is 0 Å². The summed E-state index contributed by atoms with van der Waals surface area (Å²) >= 11 is 0. The summed E-state index contributed by atoms with van der Waals surface area (Å²) < 4.78 is 0. The Morgan fingerprint density at radius 2 is 2.60 bits per heavy atom. The zero-order chi connectivity index (χ0) is 7.40. The van der Waals surface area contributed by atoms with Crippen LogP contribution in [-0.4, -0.2) is 16.1 Å². The molecule has 51 valence electrons. The lowest BCUT2D eigenvalue weighted by Crippen LogP contribution is -2.01. The Morgan fingerprint density at radius 3 is 3.10 bits per heavy atom. The summed E-state index contributed by atoms with van der Waals surface area (Å²) in [4.78, 5) is 13.9. The van der Waals surface area contributed by atoms with E-state index in [1.807, 2.05) is 0 Å². The maximum atomic E-state index is 10.1. The fraction of sp³-hybridized carbons (Fsp3) is 0.143. The van der Waals surface area contributed by atoms with E-state index < -0.39 is 5.97 Å². The van der Waals surface area contributed by atoms with Gasteiger partial charge in [-0.3, -0.25) is 9.78 Å². The number of hydrogen-bond donors (Lipinski definition) is 1. The van der Waals surface area contributed by atoms with E-state index in [1.165, 1.54) is 6.20 Å². The van der Waals surface area contributed by atoms with Crippen LogP contribution in [0.1, 0.15) is 5.69 Å². The largest absolute Gasteiger partial charge is 0.481 e. The quantitative estimate of drug-likeness (QED) is 0.644. The van der Waals surface area contributed by atoms with Crippen LogP contribution in [0.25, 0.3) is 0 Å². The van der Waals surface area contributed by atoms with Crippen molar-refractivity contribution in [3.63, 3.8) is 0 Å². The van der Waals surface area contributed by atoms with Crippen molar-refractivity contribution in [3.05, 3.63) is 30.1 Å². The van der Waals surface area contributed by atoms with Gasteiger partial charge in [0, 0.05) is 12.3 Å². The molecule has 3 nitrogen and oxygen atoms in total. The van der Waals surface area contributed by atoms with Crippen LogP contribution in [0.15, 0.2) is 18.3 Å². The molecule has 0 saturated heterocycles. The Balaban J connectivity index is 2.67. The van der Waals surface area contributed by atoms with Crippen LogP contribution in [0.2, 0.25) is 0 Å². The van der Waals surface area contributed by atoms with Gasteiger partial charge in [-0.25, -0.2) is 0 Å². The van der Waals surface area contributed by atoms with Crippen molar-refractivity contribution in [3.8, 4) is 0 Å². The second-order valence-corrected chi connectivity index (χ2v) is 1.82. The highest BCUT2D eigenvalue weighted by Gasteiger charge is 1.98. The van der Waals surface area contributed by atoms with E-state index in [0.29, 0.717) is 5.69 Å². The van der Waals surface area contributed by atoms with Crippen LogP contribution in [0.5, 0.6) is 0 Å². The van der Waals surface area contributed by atoms with Gasteiger partial charge in [-0.1, -0.05) is 6.07 Å². The minimum absolute atomic E-state index is 0.0192.